The van der Waals surface area contributed by atoms with Gasteiger partial charge in [-0.15, -0.1) is 3.54 Å². The van der Waals surface area contributed by atoms with E-state index in [2.05, 4.69) is 57.2 Å². The van der Waals surface area contributed by atoms with Gasteiger partial charge in [-0.2, -0.15) is 0 Å². The number of hydrogen-bond donors (Lipinski definition) is 0. The van der Waals surface area contributed by atoms with Gasteiger partial charge < -0.3 is 9.07 Å². The van der Waals surface area contributed by atoms with E-state index in [4.69, 9.17) is 9.07 Å². The molecule has 0 N–H and O–H groups in total. The van der Waals surface area contributed by atoms with Crippen molar-refractivity contribution in [2.75, 3.05) is 0 Å². The van der Waals surface area contributed by atoms with Crippen molar-refractivity contribution in [1.82, 2.24) is 0 Å². The molecular weight excluding hydrogens is 319 g/mol. The number of rotatable bonds is 2. The molecule has 17 heavy (non-hydrogen) atoms. The summed E-state index contributed by atoms with van der Waals surface area (Å²) in [6, 6.07) is 0. The third-order valence-electron chi connectivity index (χ3n) is 2.26. The molecule has 0 aromatic carbocycles. The molecule has 0 aliphatic heterocycles. The van der Waals surface area contributed by atoms with E-state index in [1.807, 2.05) is 0 Å². The van der Waals surface area contributed by atoms with Crippen molar-refractivity contribution in [2.45, 2.75) is 37.2 Å². The molecule has 0 saturated heterocycles. The van der Waals surface area contributed by atoms with Crippen LogP contribution in [0, 0.1) is 0 Å². The van der Waals surface area contributed by atoms with Gasteiger partial charge in [0.15, 0.2) is 0 Å². The first-order valence-corrected chi connectivity index (χ1v) is 11.4. The first kappa shape index (κ1) is 16.0. The van der Waals surface area contributed by atoms with Crippen LogP contribution in [0.5, 0.6) is 0 Å². The maximum Gasteiger partial charge on any atom is 0.506 e. The predicted octanol–water partition coefficient (Wildman–Crippen LogP) is 4.82. The van der Waals surface area contributed by atoms with Crippen molar-refractivity contribution in [2.24, 2.45) is 0 Å². The van der Waals surface area contributed by atoms with E-state index in [0.29, 0.717) is 3.54 Å². The molecular formula is C14H19ClMgZr. The van der Waals surface area contributed by atoms with Crippen LogP contribution in [0.25, 0.3) is 0 Å². The second-order valence-corrected chi connectivity index (χ2v) is 12.4. The molecule has 0 aromatic heterocycles. The van der Waals surface area contributed by atoms with E-state index >= 15 is 0 Å². The zero-order chi connectivity index (χ0) is 12.7. The molecule has 0 spiro atoms. The Bertz CT molecular complexity index is 331. The van der Waals surface area contributed by atoms with Crippen LogP contribution < -0.4 is 0 Å². The maximum absolute atomic E-state index is 5.62. The van der Waals surface area contributed by atoms with Crippen molar-refractivity contribution in [1.29, 1.82) is 0 Å². The summed E-state index contributed by atoms with van der Waals surface area (Å²) in [6.45, 7) is 6.52. The molecule has 3 heteroatoms. The van der Waals surface area contributed by atoms with Gasteiger partial charge in [-0.25, -0.2) is 0 Å². The predicted molar refractivity (Wildman–Crippen MR) is 75.0 cm³/mol. The molecule has 0 amide bonds. The van der Waals surface area contributed by atoms with Crippen LogP contribution in [-0.4, -0.2) is 19.3 Å². The SMILES string of the molecule is C1=CC[C]([Zr][C]2=CC=CC2)=C1.C[C](C)(C)[Mg][Cl]. The van der Waals surface area contributed by atoms with Crippen molar-refractivity contribution in [3.8, 4) is 0 Å². The molecule has 0 heterocycles. The Kier molecular flexibility index (Phi) is 7.65. The van der Waals surface area contributed by atoms with E-state index in [1.54, 1.807) is 6.56 Å². The van der Waals surface area contributed by atoms with Gasteiger partial charge in [0.1, 0.15) is 0 Å². The minimum absolute atomic E-state index is 0.275. The van der Waals surface area contributed by atoms with Crippen LogP contribution in [0.4, 0.5) is 0 Å². The standard InChI is InChI=1S/2C5H5.C4H9.ClH.Mg.Zr/c2*1-2-4-5-3-1;1-4(2)3;;;/h2*1-3H,4H2;1-3H3;1H;;/q;;;;+1;/p-1. The van der Waals surface area contributed by atoms with Gasteiger partial charge in [-0.1, -0.05) is 20.8 Å². The summed E-state index contributed by atoms with van der Waals surface area (Å²) in [6.07, 6.45) is 16.0. The minimum Gasteiger partial charge on any atom is -0.345 e. The van der Waals surface area contributed by atoms with Crippen LogP contribution in [0.15, 0.2) is 43.0 Å². The largest absolute Gasteiger partial charge is 0.506 e. The Morgan fingerprint density at radius 2 is 1.47 bits per heavy atom. The second-order valence-electron chi connectivity index (χ2n) is 5.47. The average molecular weight is 338 g/mol. The molecule has 0 unspecified atom stereocenters. The monoisotopic (exact) mass is 336 g/mol. The topological polar surface area (TPSA) is 0 Å². The molecule has 2 rings (SSSR count). The van der Waals surface area contributed by atoms with E-state index in [9.17, 15) is 0 Å². The summed E-state index contributed by atoms with van der Waals surface area (Å²) in [4.78, 5) is 0. The summed E-state index contributed by atoms with van der Waals surface area (Å²) in [5.41, 5.74) is 0. The van der Waals surface area contributed by atoms with Crippen LogP contribution in [0.2, 0.25) is 3.54 Å². The normalized spacial score (nSPS) is 16.9. The summed E-state index contributed by atoms with van der Waals surface area (Å²) < 4.78 is 3.90. The van der Waals surface area contributed by atoms with Crippen LogP contribution >= 0.6 is 9.07 Å². The number of halogens is 1. The van der Waals surface area contributed by atoms with Crippen molar-refractivity contribution in [3.63, 3.8) is 0 Å². The first-order valence-electron chi connectivity index (χ1n) is 6.06. The van der Waals surface area contributed by atoms with Gasteiger partial charge >= 0.3 is 98.4 Å². The van der Waals surface area contributed by atoms with Crippen LogP contribution in [0.3, 0.4) is 0 Å². The van der Waals surface area contributed by atoms with Crippen LogP contribution in [-0.2, 0) is 23.2 Å². The second kappa shape index (κ2) is 8.15. The van der Waals surface area contributed by atoms with Gasteiger partial charge in [0.25, 0.3) is 0 Å². The van der Waals surface area contributed by atoms with E-state index in [0.717, 1.165) is 0 Å². The molecule has 0 fully saturated rings. The molecule has 2 aliphatic rings. The van der Waals surface area contributed by atoms with Gasteiger partial charge in [0.05, 0.1) is 0 Å². The molecule has 88 valence electrons. The van der Waals surface area contributed by atoms with E-state index in [1.165, 1.54) is 12.8 Å². The average Bonchev–Trinajstić information content (AvgIpc) is 2.91. The smallest absolute Gasteiger partial charge is 0.345 e. The Morgan fingerprint density at radius 1 is 1.06 bits per heavy atom. The van der Waals surface area contributed by atoms with Gasteiger partial charge in [-0.05, 0) is 0 Å². The zero-order valence-corrected chi connectivity index (χ0v) is 15.6. The van der Waals surface area contributed by atoms with E-state index in [-0.39, 0.29) is 42.5 Å². The summed E-state index contributed by atoms with van der Waals surface area (Å²) in [5, 5.41) is 0. The van der Waals surface area contributed by atoms with E-state index < -0.39 is 0 Å². The minimum atomic E-state index is -0.312. The number of hydrogen-bond acceptors (Lipinski definition) is 0. The Morgan fingerprint density at radius 3 is 1.71 bits per heavy atom. The Balaban J connectivity index is 0.000000209. The summed E-state index contributed by atoms with van der Waals surface area (Å²) >= 11 is -0.587. The molecule has 0 atom stereocenters. The molecule has 0 nitrogen and oxygen atoms in total. The van der Waals surface area contributed by atoms with Crippen molar-refractivity contribution < 1.29 is 23.2 Å². The number of allylic oxidation sites excluding steroid dienone is 8. The molecule has 0 saturated carbocycles. The van der Waals surface area contributed by atoms with Crippen molar-refractivity contribution >= 4 is 28.3 Å². The third-order valence-corrected chi connectivity index (χ3v) is 8.87. The fourth-order valence-electron chi connectivity index (χ4n) is 1.29. The van der Waals surface area contributed by atoms with Gasteiger partial charge in [0.2, 0.25) is 0 Å². The zero-order valence-electron chi connectivity index (χ0n) is 11.0. The first-order chi connectivity index (χ1) is 8.01. The Hall–Kier alpha value is 0.899. The fraction of sp³-hybridized carbons (Fsp3) is 0.429. The van der Waals surface area contributed by atoms with Gasteiger partial charge in [0, 0.05) is 0 Å². The van der Waals surface area contributed by atoms with Crippen molar-refractivity contribution in [3.05, 3.63) is 43.0 Å². The third kappa shape index (κ3) is 7.82. The quantitative estimate of drug-likeness (QED) is 0.633. The van der Waals surface area contributed by atoms with Crippen LogP contribution in [0.1, 0.15) is 33.6 Å². The molecule has 0 radical (unpaired) electrons. The molecule has 0 aromatic rings. The fourth-order valence-corrected chi connectivity index (χ4v) is 4.26. The van der Waals surface area contributed by atoms with Gasteiger partial charge in [-0.3, -0.25) is 0 Å². The summed E-state index contributed by atoms with van der Waals surface area (Å²) in [7, 11) is 5.62. The molecule has 2 aliphatic carbocycles. The maximum atomic E-state index is 5.62. The Labute approximate surface area is 130 Å². The molecule has 0 bridgehead atoms. The summed E-state index contributed by atoms with van der Waals surface area (Å²) in [5.74, 6) is 0.